The van der Waals surface area contributed by atoms with Crippen molar-refractivity contribution in [3.63, 3.8) is 0 Å². The van der Waals surface area contributed by atoms with E-state index in [1.165, 1.54) is 0 Å². The lowest BCUT2D eigenvalue weighted by molar-refractivity contribution is -0.138. The van der Waals surface area contributed by atoms with Gasteiger partial charge in [-0.1, -0.05) is 6.07 Å². The molecule has 1 unspecified atom stereocenters. The molecule has 3 rings (SSSR count). The molecule has 1 aliphatic heterocycles. The zero-order valence-corrected chi connectivity index (χ0v) is 13.8. The Morgan fingerprint density at radius 2 is 2.08 bits per heavy atom. The molecule has 2 atom stereocenters. The van der Waals surface area contributed by atoms with Gasteiger partial charge in [0.15, 0.2) is 0 Å². The number of carbonyl (C=O) groups excluding carboxylic acids is 1. The fourth-order valence-electron chi connectivity index (χ4n) is 3.64. The molecule has 1 aromatic carbocycles. The van der Waals surface area contributed by atoms with E-state index < -0.39 is 36.0 Å². The van der Waals surface area contributed by atoms with Crippen LogP contribution in [0.4, 0.5) is 8.78 Å². The van der Waals surface area contributed by atoms with Crippen molar-refractivity contribution in [1.29, 1.82) is 0 Å². The average Bonchev–Trinajstić information content (AvgIpc) is 2.90. The zero-order chi connectivity index (χ0) is 18.0. The van der Waals surface area contributed by atoms with Gasteiger partial charge in [0, 0.05) is 11.6 Å². The molecule has 0 radical (unpaired) electrons. The smallest absolute Gasteiger partial charge is 0.305 e. The van der Waals surface area contributed by atoms with Crippen molar-refractivity contribution >= 4 is 11.9 Å². The van der Waals surface area contributed by atoms with Gasteiger partial charge in [-0.05, 0) is 38.2 Å². The number of carboxylic acid groups (broad SMARTS) is 1. The molecule has 2 aliphatic rings. The van der Waals surface area contributed by atoms with Crippen molar-refractivity contribution < 1.29 is 28.2 Å². The van der Waals surface area contributed by atoms with Crippen LogP contribution in [0.1, 0.15) is 56.6 Å². The fraction of sp³-hybridized carbons (Fsp3) is 0.556. The van der Waals surface area contributed by atoms with Gasteiger partial charge in [-0.2, -0.15) is 0 Å². The van der Waals surface area contributed by atoms with Crippen LogP contribution < -0.4 is 5.32 Å². The van der Waals surface area contributed by atoms with Crippen LogP contribution in [0.5, 0.6) is 0 Å². The van der Waals surface area contributed by atoms with E-state index in [0.29, 0.717) is 6.07 Å². The molecule has 25 heavy (non-hydrogen) atoms. The van der Waals surface area contributed by atoms with Crippen LogP contribution in [0.3, 0.4) is 0 Å². The van der Waals surface area contributed by atoms with Crippen LogP contribution in [0, 0.1) is 11.6 Å². The lowest BCUT2D eigenvalue weighted by atomic mass is 9.78. The van der Waals surface area contributed by atoms with Crippen molar-refractivity contribution in [1.82, 2.24) is 5.32 Å². The van der Waals surface area contributed by atoms with Gasteiger partial charge in [0.25, 0.3) is 0 Å². The number of hydrogen-bond donors (Lipinski definition) is 2. The van der Waals surface area contributed by atoms with Crippen molar-refractivity contribution in [2.24, 2.45) is 0 Å². The Morgan fingerprint density at radius 3 is 2.64 bits per heavy atom. The summed E-state index contributed by atoms with van der Waals surface area (Å²) in [7, 11) is 0. The quantitative estimate of drug-likeness (QED) is 0.824. The number of ether oxygens (including phenoxy) is 1. The summed E-state index contributed by atoms with van der Waals surface area (Å²) in [6.07, 6.45) is 4.36. The minimum absolute atomic E-state index is 0.0417. The van der Waals surface area contributed by atoms with Gasteiger partial charge in [-0.15, -0.1) is 0 Å². The second-order valence-electron chi connectivity index (χ2n) is 6.90. The summed E-state index contributed by atoms with van der Waals surface area (Å²) in [5.41, 5.74) is -0.103. The highest BCUT2D eigenvalue weighted by Crippen LogP contribution is 2.46. The highest BCUT2D eigenvalue weighted by molar-refractivity contribution is 5.78. The number of aliphatic carboxylic acids is 1. The summed E-state index contributed by atoms with van der Waals surface area (Å²) < 4.78 is 33.0. The van der Waals surface area contributed by atoms with E-state index in [9.17, 15) is 18.4 Å². The SMILES string of the molecule is O=C(O)C[C@H](NC(=O)CC1CCC2(CCC2)O1)c1ccc(F)cc1F. The predicted octanol–water partition coefficient (Wildman–Crippen LogP) is 3.09. The van der Waals surface area contributed by atoms with Crippen LogP contribution in [0.25, 0.3) is 0 Å². The second-order valence-corrected chi connectivity index (χ2v) is 6.90. The molecule has 0 aromatic heterocycles. The Labute approximate surface area is 144 Å². The van der Waals surface area contributed by atoms with Gasteiger partial charge in [-0.3, -0.25) is 9.59 Å². The number of nitrogens with one attached hydrogen (secondary N) is 1. The van der Waals surface area contributed by atoms with Crippen molar-refractivity contribution in [3.05, 3.63) is 35.4 Å². The monoisotopic (exact) mass is 353 g/mol. The van der Waals surface area contributed by atoms with E-state index in [1.807, 2.05) is 0 Å². The third kappa shape index (κ3) is 4.15. The van der Waals surface area contributed by atoms with Crippen molar-refractivity contribution in [2.75, 3.05) is 0 Å². The largest absolute Gasteiger partial charge is 0.481 e. The Balaban J connectivity index is 1.63. The number of carboxylic acids is 1. The lowest BCUT2D eigenvalue weighted by Gasteiger charge is -2.37. The van der Waals surface area contributed by atoms with Crippen LogP contribution in [0.15, 0.2) is 18.2 Å². The Hall–Kier alpha value is -2.02. The maximum absolute atomic E-state index is 14.0. The van der Waals surface area contributed by atoms with Gasteiger partial charge < -0.3 is 15.2 Å². The lowest BCUT2D eigenvalue weighted by Crippen LogP contribution is -2.38. The van der Waals surface area contributed by atoms with Crippen molar-refractivity contribution in [3.8, 4) is 0 Å². The summed E-state index contributed by atoms with van der Waals surface area (Å²) in [4.78, 5) is 23.3. The van der Waals surface area contributed by atoms with E-state index >= 15 is 0 Å². The number of rotatable bonds is 6. The summed E-state index contributed by atoms with van der Waals surface area (Å²) in [5.74, 6) is -3.21. The topological polar surface area (TPSA) is 75.6 Å². The minimum Gasteiger partial charge on any atom is -0.481 e. The highest BCUT2D eigenvalue weighted by atomic mass is 19.1. The molecule has 1 saturated carbocycles. The molecule has 1 spiro atoms. The number of carbonyl (C=O) groups is 2. The number of halogens is 2. The molecular weight excluding hydrogens is 332 g/mol. The molecule has 7 heteroatoms. The van der Waals surface area contributed by atoms with Gasteiger partial charge >= 0.3 is 5.97 Å². The molecule has 0 bridgehead atoms. The maximum Gasteiger partial charge on any atom is 0.305 e. The van der Waals surface area contributed by atoms with Crippen LogP contribution >= 0.6 is 0 Å². The molecule has 5 nitrogen and oxygen atoms in total. The van der Waals surface area contributed by atoms with Crippen LogP contribution in [-0.2, 0) is 14.3 Å². The van der Waals surface area contributed by atoms with Gasteiger partial charge in [-0.25, -0.2) is 8.78 Å². The zero-order valence-electron chi connectivity index (χ0n) is 13.8. The van der Waals surface area contributed by atoms with Crippen molar-refractivity contribution in [2.45, 2.75) is 62.7 Å². The number of hydrogen-bond acceptors (Lipinski definition) is 3. The van der Waals surface area contributed by atoms with E-state index in [4.69, 9.17) is 9.84 Å². The van der Waals surface area contributed by atoms with Crippen LogP contribution in [-0.4, -0.2) is 28.7 Å². The second kappa shape index (κ2) is 7.07. The Bertz CT molecular complexity index is 675. The summed E-state index contributed by atoms with van der Waals surface area (Å²) in [5, 5.41) is 11.6. The summed E-state index contributed by atoms with van der Waals surface area (Å²) >= 11 is 0. The van der Waals surface area contributed by atoms with E-state index in [2.05, 4.69) is 5.32 Å². The van der Waals surface area contributed by atoms with Gasteiger partial charge in [0.05, 0.1) is 30.6 Å². The van der Waals surface area contributed by atoms with Gasteiger partial charge in [0.1, 0.15) is 11.6 Å². The fourth-order valence-corrected chi connectivity index (χ4v) is 3.64. The normalized spacial score (nSPS) is 22.4. The molecular formula is C18H21F2NO4. The first-order chi connectivity index (χ1) is 11.9. The molecule has 2 N–H and O–H groups in total. The molecule has 1 aromatic rings. The molecule has 2 fully saturated rings. The summed E-state index contributed by atoms with van der Waals surface area (Å²) in [6.45, 7) is 0. The average molecular weight is 353 g/mol. The first-order valence-corrected chi connectivity index (χ1v) is 8.51. The van der Waals surface area contributed by atoms with E-state index in [1.54, 1.807) is 0 Å². The molecule has 136 valence electrons. The molecule has 1 heterocycles. The third-order valence-corrected chi connectivity index (χ3v) is 5.07. The van der Waals surface area contributed by atoms with Gasteiger partial charge in [0.2, 0.25) is 5.91 Å². The number of benzene rings is 1. The standard InChI is InChI=1S/C18H21F2NO4/c19-11-2-3-13(14(20)8-11)15(10-17(23)24)21-16(22)9-12-4-7-18(25-12)5-1-6-18/h2-3,8,12,15H,1,4-7,9-10H2,(H,21,22)(H,23,24)/t12?,15-/m0/s1. The Morgan fingerprint density at radius 1 is 1.32 bits per heavy atom. The minimum atomic E-state index is -1.18. The van der Waals surface area contributed by atoms with E-state index in [0.717, 1.165) is 44.2 Å². The first kappa shape index (κ1) is 17.8. The van der Waals surface area contributed by atoms with E-state index in [-0.39, 0.29) is 23.7 Å². The third-order valence-electron chi connectivity index (χ3n) is 5.07. The Kier molecular flexibility index (Phi) is 5.03. The van der Waals surface area contributed by atoms with Crippen LogP contribution in [0.2, 0.25) is 0 Å². The molecule has 1 aliphatic carbocycles. The molecule has 1 saturated heterocycles. The predicted molar refractivity (Wildman–Crippen MR) is 84.8 cm³/mol. The highest BCUT2D eigenvalue weighted by Gasteiger charge is 2.45. The maximum atomic E-state index is 14.0. The molecule has 1 amide bonds. The number of amides is 1. The summed E-state index contributed by atoms with van der Waals surface area (Å²) in [6, 6.07) is 1.83. The first-order valence-electron chi connectivity index (χ1n) is 8.51.